The molecule has 0 saturated carbocycles. The van der Waals surface area contributed by atoms with Gasteiger partial charge in [0.05, 0.1) is 13.2 Å². The Morgan fingerprint density at radius 3 is 2.80 bits per heavy atom. The second kappa shape index (κ2) is 2.66. The lowest BCUT2D eigenvalue weighted by molar-refractivity contribution is 0.270. The van der Waals surface area contributed by atoms with Crippen molar-refractivity contribution in [3.05, 3.63) is 5.82 Å². The van der Waals surface area contributed by atoms with Crippen molar-refractivity contribution in [3.63, 3.8) is 0 Å². The molecule has 56 valence electrons. The number of hydrogen-bond acceptors (Lipinski definition) is 4. The van der Waals surface area contributed by atoms with Crippen molar-refractivity contribution >= 4 is 5.95 Å². The minimum absolute atomic E-state index is 0.0347. The maximum absolute atomic E-state index is 8.51. The van der Waals surface area contributed by atoms with E-state index in [4.69, 9.17) is 10.8 Å². The van der Waals surface area contributed by atoms with E-state index in [2.05, 4.69) is 10.1 Å². The third-order valence-corrected chi connectivity index (χ3v) is 1.12. The van der Waals surface area contributed by atoms with E-state index in [0.29, 0.717) is 18.3 Å². The van der Waals surface area contributed by atoms with Crippen molar-refractivity contribution in [2.45, 2.75) is 13.5 Å². The molecule has 0 aliphatic rings. The van der Waals surface area contributed by atoms with Gasteiger partial charge in [0.2, 0.25) is 5.95 Å². The van der Waals surface area contributed by atoms with E-state index in [0.717, 1.165) is 0 Å². The van der Waals surface area contributed by atoms with E-state index in [1.807, 2.05) is 0 Å². The summed E-state index contributed by atoms with van der Waals surface area (Å²) in [6.45, 7) is 2.20. The first-order valence-electron chi connectivity index (χ1n) is 3.02. The molecule has 3 N–H and O–H groups in total. The molecule has 1 aromatic rings. The van der Waals surface area contributed by atoms with Gasteiger partial charge in [0, 0.05) is 0 Å². The zero-order valence-corrected chi connectivity index (χ0v) is 5.78. The van der Waals surface area contributed by atoms with E-state index in [9.17, 15) is 0 Å². The molecule has 0 radical (unpaired) electrons. The first-order chi connectivity index (χ1) is 4.74. The zero-order chi connectivity index (χ0) is 7.56. The lowest BCUT2D eigenvalue weighted by Gasteiger charge is -1.96. The Kier molecular flexibility index (Phi) is 1.86. The number of aliphatic hydroxyl groups is 1. The van der Waals surface area contributed by atoms with Crippen LogP contribution in [-0.4, -0.2) is 26.5 Å². The number of aryl methyl sites for hydroxylation is 1. The van der Waals surface area contributed by atoms with Gasteiger partial charge in [-0.2, -0.15) is 10.1 Å². The monoisotopic (exact) mass is 142 g/mol. The van der Waals surface area contributed by atoms with Crippen LogP contribution in [0.25, 0.3) is 0 Å². The summed E-state index contributed by atoms with van der Waals surface area (Å²) in [5.41, 5.74) is 5.41. The molecule has 1 heterocycles. The molecule has 0 fully saturated rings. The average molecular weight is 142 g/mol. The number of nitrogens with two attached hydrogens (primary N) is 1. The highest BCUT2D eigenvalue weighted by atomic mass is 16.3. The molecule has 0 aromatic carbocycles. The van der Waals surface area contributed by atoms with Crippen LogP contribution in [0.15, 0.2) is 0 Å². The van der Waals surface area contributed by atoms with E-state index >= 15 is 0 Å². The Labute approximate surface area is 58.5 Å². The van der Waals surface area contributed by atoms with Gasteiger partial charge in [-0.05, 0) is 6.92 Å². The molecule has 0 aliphatic carbocycles. The molecule has 0 atom stereocenters. The number of rotatable bonds is 2. The molecule has 10 heavy (non-hydrogen) atoms. The molecule has 5 heteroatoms. The van der Waals surface area contributed by atoms with Gasteiger partial charge in [0.15, 0.2) is 0 Å². The lowest BCUT2D eigenvalue weighted by atomic mass is 10.7. The fourth-order valence-corrected chi connectivity index (χ4v) is 0.731. The zero-order valence-electron chi connectivity index (χ0n) is 5.78. The molecule has 1 aromatic heterocycles. The van der Waals surface area contributed by atoms with E-state index < -0.39 is 0 Å². The maximum atomic E-state index is 8.51. The van der Waals surface area contributed by atoms with Crippen molar-refractivity contribution < 1.29 is 5.11 Å². The Morgan fingerprint density at radius 1 is 1.70 bits per heavy atom. The normalized spacial score (nSPS) is 10.2. The Morgan fingerprint density at radius 2 is 2.40 bits per heavy atom. The van der Waals surface area contributed by atoms with Crippen molar-refractivity contribution in [2.24, 2.45) is 0 Å². The second-order valence-corrected chi connectivity index (χ2v) is 1.96. The second-order valence-electron chi connectivity index (χ2n) is 1.96. The molecule has 0 aliphatic heterocycles. The standard InChI is InChI=1S/C5H10N4O/c1-4-7-5(6)9(8-4)2-3-10/h10H,2-3H2,1H3,(H2,6,7,8). The Balaban J connectivity index is 2.81. The Hall–Kier alpha value is -1.10. The average Bonchev–Trinajstić information content (AvgIpc) is 2.13. The predicted octanol–water partition coefficient (Wildman–Crippen LogP) is -0.839. The number of hydrogen-bond donors (Lipinski definition) is 2. The summed E-state index contributed by atoms with van der Waals surface area (Å²) in [6.07, 6.45) is 0. The van der Waals surface area contributed by atoms with Gasteiger partial charge in [0.25, 0.3) is 0 Å². The third-order valence-electron chi connectivity index (χ3n) is 1.12. The number of aliphatic hydroxyl groups excluding tert-OH is 1. The van der Waals surface area contributed by atoms with Gasteiger partial charge >= 0.3 is 0 Å². The van der Waals surface area contributed by atoms with Crippen LogP contribution >= 0.6 is 0 Å². The fraction of sp³-hybridized carbons (Fsp3) is 0.600. The number of nitrogens with zero attached hydrogens (tertiary/aromatic N) is 3. The summed E-state index contributed by atoms with van der Waals surface area (Å²) in [5, 5.41) is 12.4. The smallest absolute Gasteiger partial charge is 0.218 e. The SMILES string of the molecule is Cc1nc(N)n(CCO)n1. The number of aromatic nitrogens is 3. The predicted molar refractivity (Wildman–Crippen MR) is 36.3 cm³/mol. The molecule has 0 bridgehead atoms. The molecule has 0 spiro atoms. The maximum Gasteiger partial charge on any atom is 0.218 e. The van der Waals surface area contributed by atoms with Crippen LogP contribution in [0.2, 0.25) is 0 Å². The van der Waals surface area contributed by atoms with Crippen molar-refractivity contribution in [1.29, 1.82) is 0 Å². The van der Waals surface area contributed by atoms with E-state index in [-0.39, 0.29) is 6.61 Å². The van der Waals surface area contributed by atoms with Gasteiger partial charge in [-0.1, -0.05) is 0 Å². The fourth-order valence-electron chi connectivity index (χ4n) is 0.731. The van der Waals surface area contributed by atoms with Gasteiger partial charge < -0.3 is 10.8 Å². The highest BCUT2D eigenvalue weighted by Crippen LogP contribution is 1.96. The van der Waals surface area contributed by atoms with Crippen LogP contribution in [0.1, 0.15) is 5.82 Å². The highest BCUT2D eigenvalue weighted by Gasteiger charge is 2.00. The first-order valence-corrected chi connectivity index (χ1v) is 3.02. The quantitative estimate of drug-likeness (QED) is 0.564. The van der Waals surface area contributed by atoms with Crippen LogP contribution in [-0.2, 0) is 6.54 Å². The number of anilines is 1. The third kappa shape index (κ3) is 1.24. The van der Waals surface area contributed by atoms with Gasteiger partial charge in [-0.25, -0.2) is 4.68 Å². The topological polar surface area (TPSA) is 77.0 Å². The molecular weight excluding hydrogens is 132 g/mol. The van der Waals surface area contributed by atoms with E-state index in [1.54, 1.807) is 6.92 Å². The summed E-state index contributed by atoms with van der Waals surface area (Å²) in [7, 11) is 0. The molecule has 0 saturated heterocycles. The van der Waals surface area contributed by atoms with Crippen molar-refractivity contribution in [2.75, 3.05) is 12.3 Å². The van der Waals surface area contributed by atoms with Crippen LogP contribution in [0.5, 0.6) is 0 Å². The van der Waals surface area contributed by atoms with Crippen LogP contribution < -0.4 is 5.73 Å². The van der Waals surface area contributed by atoms with Crippen LogP contribution in [0, 0.1) is 6.92 Å². The minimum Gasteiger partial charge on any atom is -0.394 e. The molecule has 5 nitrogen and oxygen atoms in total. The van der Waals surface area contributed by atoms with E-state index in [1.165, 1.54) is 4.68 Å². The minimum atomic E-state index is 0.0347. The molecular formula is C5H10N4O. The summed E-state index contributed by atoms with van der Waals surface area (Å²) < 4.78 is 1.47. The first kappa shape index (κ1) is 7.01. The largest absolute Gasteiger partial charge is 0.394 e. The van der Waals surface area contributed by atoms with Crippen LogP contribution in [0.4, 0.5) is 5.95 Å². The molecule has 1 rings (SSSR count). The summed E-state index contributed by atoms with van der Waals surface area (Å²) in [4.78, 5) is 3.85. The van der Waals surface area contributed by atoms with Gasteiger partial charge in [-0.15, -0.1) is 0 Å². The van der Waals surface area contributed by atoms with Gasteiger partial charge in [0.1, 0.15) is 5.82 Å². The Bertz CT molecular complexity index is 219. The van der Waals surface area contributed by atoms with Gasteiger partial charge in [-0.3, -0.25) is 0 Å². The summed E-state index contributed by atoms with van der Waals surface area (Å²) >= 11 is 0. The molecule has 0 amide bonds. The summed E-state index contributed by atoms with van der Waals surface area (Å²) in [5.74, 6) is 0.984. The van der Waals surface area contributed by atoms with Crippen molar-refractivity contribution in [1.82, 2.24) is 14.8 Å². The highest BCUT2D eigenvalue weighted by molar-refractivity contribution is 5.15. The van der Waals surface area contributed by atoms with Crippen LogP contribution in [0.3, 0.4) is 0 Å². The molecule has 0 unspecified atom stereocenters. The number of nitrogen functional groups attached to an aromatic ring is 1. The summed E-state index contributed by atoms with van der Waals surface area (Å²) in [6, 6.07) is 0. The lowest BCUT2D eigenvalue weighted by Crippen LogP contribution is -2.07. The van der Waals surface area contributed by atoms with Crippen molar-refractivity contribution in [3.8, 4) is 0 Å².